The summed E-state index contributed by atoms with van der Waals surface area (Å²) in [4.78, 5) is 0. The first kappa shape index (κ1) is 14.2. The maximum Gasteiger partial charge on any atom is 0.142 e. The maximum atomic E-state index is 13.4. The van der Waals surface area contributed by atoms with Gasteiger partial charge in [-0.25, -0.2) is 4.39 Å². The van der Waals surface area contributed by atoms with Crippen molar-refractivity contribution in [2.45, 2.75) is 37.5 Å². The van der Waals surface area contributed by atoms with Crippen molar-refractivity contribution in [1.82, 2.24) is 5.32 Å². The van der Waals surface area contributed by atoms with Crippen LogP contribution >= 0.6 is 23.4 Å². The predicted molar refractivity (Wildman–Crippen MR) is 77.9 cm³/mol. The molecular weight excluding hydrogens is 269 g/mol. The van der Waals surface area contributed by atoms with Crippen LogP contribution in [0, 0.1) is 5.82 Å². The van der Waals surface area contributed by atoms with E-state index in [0.717, 1.165) is 12.1 Å². The second-order valence-electron chi connectivity index (χ2n) is 5.18. The summed E-state index contributed by atoms with van der Waals surface area (Å²) < 4.78 is 13.7. The smallest absolute Gasteiger partial charge is 0.142 e. The van der Waals surface area contributed by atoms with E-state index < -0.39 is 0 Å². The van der Waals surface area contributed by atoms with Gasteiger partial charge < -0.3 is 5.32 Å². The lowest BCUT2D eigenvalue weighted by atomic mass is 10.0. The van der Waals surface area contributed by atoms with Crippen LogP contribution in [0.4, 0.5) is 4.39 Å². The highest BCUT2D eigenvalue weighted by molar-refractivity contribution is 8.00. The highest BCUT2D eigenvalue weighted by Gasteiger charge is 2.29. The topological polar surface area (TPSA) is 12.0 Å². The summed E-state index contributed by atoms with van der Waals surface area (Å²) in [5.41, 5.74) is 0.948. The quantitative estimate of drug-likeness (QED) is 0.880. The normalized spacial score (nSPS) is 25.3. The van der Waals surface area contributed by atoms with E-state index in [1.165, 1.54) is 24.7 Å². The van der Waals surface area contributed by atoms with Crippen LogP contribution in [0.15, 0.2) is 18.2 Å². The van der Waals surface area contributed by atoms with E-state index in [2.05, 4.69) is 19.2 Å². The van der Waals surface area contributed by atoms with Crippen LogP contribution < -0.4 is 5.32 Å². The molecule has 1 aromatic rings. The van der Waals surface area contributed by atoms with Gasteiger partial charge in [-0.15, -0.1) is 0 Å². The summed E-state index contributed by atoms with van der Waals surface area (Å²) in [6.07, 6.45) is 2.55. The van der Waals surface area contributed by atoms with Crippen LogP contribution in [-0.2, 0) is 0 Å². The van der Waals surface area contributed by atoms with Gasteiger partial charge in [0.1, 0.15) is 5.82 Å². The zero-order valence-electron chi connectivity index (χ0n) is 10.8. The zero-order valence-corrected chi connectivity index (χ0v) is 12.4. The molecule has 0 aromatic heterocycles. The Bertz CT molecular complexity index is 418. The van der Waals surface area contributed by atoms with Crippen LogP contribution in [0.1, 0.15) is 38.3 Å². The molecule has 0 radical (unpaired) electrons. The largest absolute Gasteiger partial charge is 0.309 e. The van der Waals surface area contributed by atoms with Gasteiger partial charge in [-0.3, -0.25) is 0 Å². The molecule has 1 nitrogen and oxygen atoms in total. The third-order valence-corrected chi connectivity index (χ3v) is 5.37. The van der Waals surface area contributed by atoms with Crippen molar-refractivity contribution < 1.29 is 4.39 Å². The van der Waals surface area contributed by atoms with E-state index >= 15 is 0 Å². The summed E-state index contributed by atoms with van der Waals surface area (Å²) in [5, 5.41) is 3.68. The Morgan fingerprint density at radius 1 is 1.56 bits per heavy atom. The lowest BCUT2D eigenvalue weighted by Gasteiger charge is -2.26. The maximum absolute atomic E-state index is 13.4. The van der Waals surface area contributed by atoms with Gasteiger partial charge in [0.2, 0.25) is 0 Å². The molecule has 0 aliphatic carbocycles. The molecule has 1 fully saturated rings. The third-order valence-electron chi connectivity index (χ3n) is 3.53. The molecule has 0 bridgehead atoms. The van der Waals surface area contributed by atoms with E-state index in [1.807, 2.05) is 17.8 Å². The van der Waals surface area contributed by atoms with Crippen LogP contribution in [0.25, 0.3) is 0 Å². The molecule has 1 aromatic carbocycles. The summed E-state index contributed by atoms with van der Waals surface area (Å²) in [5.74, 6) is 0.909. The van der Waals surface area contributed by atoms with Gasteiger partial charge in [-0.2, -0.15) is 11.8 Å². The Hall–Kier alpha value is -0.250. The molecule has 0 saturated carbocycles. The number of rotatable bonds is 4. The van der Waals surface area contributed by atoms with Gasteiger partial charge in [-0.1, -0.05) is 17.7 Å². The molecular formula is C14H19ClFNS. The van der Waals surface area contributed by atoms with Crippen LogP contribution in [0.3, 0.4) is 0 Å². The van der Waals surface area contributed by atoms with Crippen LogP contribution in [0.5, 0.6) is 0 Å². The number of nitrogens with one attached hydrogen (secondary N) is 1. The number of halogens is 2. The van der Waals surface area contributed by atoms with Crippen molar-refractivity contribution in [2.75, 3.05) is 12.3 Å². The molecule has 2 rings (SSSR count). The first-order chi connectivity index (χ1) is 8.50. The third kappa shape index (κ3) is 3.40. The van der Waals surface area contributed by atoms with Crippen molar-refractivity contribution in [1.29, 1.82) is 0 Å². The summed E-state index contributed by atoms with van der Waals surface area (Å²) >= 11 is 7.72. The Labute approximate surface area is 117 Å². The highest BCUT2D eigenvalue weighted by Crippen LogP contribution is 2.37. The second-order valence-corrected chi connectivity index (χ2v) is 7.27. The van der Waals surface area contributed by atoms with Gasteiger partial charge in [0.25, 0.3) is 0 Å². The fourth-order valence-corrected chi connectivity index (χ4v) is 3.62. The number of hydrogen-bond acceptors (Lipinski definition) is 2. The molecule has 2 atom stereocenters. The van der Waals surface area contributed by atoms with Gasteiger partial charge in [-0.05, 0) is 50.1 Å². The van der Waals surface area contributed by atoms with Crippen molar-refractivity contribution in [3.05, 3.63) is 34.6 Å². The van der Waals surface area contributed by atoms with Gasteiger partial charge in [0, 0.05) is 17.3 Å². The molecule has 100 valence electrons. The minimum absolute atomic E-state index is 0.148. The van der Waals surface area contributed by atoms with Crippen molar-refractivity contribution >= 4 is 23.4 Å². The Morgan fingerprint density at radius 3 is 2.94 bits per heavy atom. The fourth-order valence-electron chi connectivity index (χ4n) is 2.24. The molecule has 18 heavy (non-hydrogen) atoms. The van der Waals surface area contributed by atoms with Crippen molar-refractivity contribution in [3.8, 4) is 0 Å². The van der Waals surface area contributed by atoms with E-state index in [9.17, 15) is 4.39 Å². The van der Waals surface area contributed by atoms with Gasteiger partial charge in [0.15, 0.2) is 0 Å². The number of hydrogen-bond donors (Lipinski definition) is 1. The van der Waals surface area contributed by atoms with Gasteiger partial charge in [0.05, 0.1) is 5.02 Å². The number of thioether (sulfide) groups is 1. The molecule has 1 saturated heterocycles. The monoisotopic (exact) mass is 287 g/mol. The SMILES string of the molecule is CC(NCC1(C)CCCS1)c1ccc(Cl)c(F)c1. The Kier molecular flexibility index (Phi) is 4.57. The average Bonchev–Trinajstić information content (AvgIpc) is 2.77. The van der Waals surface area contributed by atoms with E-state index in [4.69, 9.17) is 11.6 Å². The zero-order chi connectivity index (χ0) is 13.2. The van der Waals surface area contributed by atoms with E-state index in [1.54, 1.807) is 6.07 Å². The standard InChI is InChI=1S/C14H19ClFNS/c1-10(11-4-5-12(15)13(16)8-11)17-9-14(2)6-3-7-18-14/h4-5,8,10,17H,3,6-7,9H2,1-2H3. The van der Waals surface area contributed by atoms with Crippen LogP contribution in [-0.4, -0.2) is 17.0 Å². The molecule has 1 heterocycles. The summed E-state index contributed by atoms with van der Waals surface area (Å²) in [6, 6.07) is 5.17. The lowest BCUT2D eigenvalue weighted by molar-refractivity contribution is 0.488. The Morgan fingerprint density at radius 2 is 2.33 bits per heavy atom. The average molecular weight is 288 g/mol. The minimum Gasteiger partial charge on any atom is -0.309 e. The first-order valence-electron chi connectivity index (χ1n) is 6.32. The predicted octanol–water partition coefficient (Wildman–Crippen LogP) is 4.42. The van der Waals surface area contributed by atoms with E-state index in [-0.39, 0.29) is 16.9 Å². The highest BCUT2D eigenvalue weighted by atomic mass is 35.5. The Balaban J connectivity index is 1.94. The molecule has 2 unspecified atom stereocenters. The summed E-state index contributed by atoms with van der Waals surface area (Å²) in [6.45, 7) is 5.32. The first-order valence-corrected chi connectivity index (χ1v) is 7.69. The molecule has 1 aliphatic rings. The van der Waals surface area contributed by atoms with E-state index in [0.29, 0.717) is 4.75 Å². The summed E-state index contributed by atoms with van der Waals surface area (Å²) in [7, 11) is 0. The van der Waals surface area contributed by atoms with Crippen LogP contribution in [0.2, 0.25) is 5.02 Å². The second kappa shape index (κ2) is 5.81. The van der Waals surface area contributed by atoms with Crippen molar-refractivity contribution in [3.63, 3.8) is 0 Å². The van der Waals surface area contributed by atoms with Gasteiger partial charge >= 0.3 is 0 Å². The fraction of sp³-hybridized carbons (Fsp3) is 0.571. The molecule has 0 amide bonds. The molecule has 1 aliphatic heterocycles. The molecule has 4 heteroatoms. The lowest BCUT2D eigenvalue weighted by Crippen LogP contribution is -2.34. The van der Waals surface area contributed by atoms with Crippen molar-refractivity contribution in [2.24, 2.45) is 0 Å². The number of benzene rings is 1. The molecule has 1 N–H and O–H groups in total. The molecule has 0 spiro atoms. The minimum atomic E-state index is -0.343.